The summed E-state index contributed by atoms with van der Waals surface area (Å²) in [6.07, 6.45) is 2.63. The fourth-order valence-corrected chi connectivity index (χ4v) is 2.17. The molecule has 7 heteroatoms. The Kier molecular flexibility index (Phi) is 12.3. The van der Waals surface area contributed by atoms with Crippen molar-refractivity contribution in [2.75, 3.05) is 33.3 Å². The molecule has 0 saturated carbocycles. The minimum atomic E-state index is 0. The maximum Gasteiger partial charge on any atom is 0.125 e. The molecule has 0 spiro atoms. The average molecular weight is 338 g/mol. The number of halogens is 2. The molecule has 5 nitrogen and oxygen atoms in total. The third-order valence-corrected chi connectivity index (χ3v) is 3.28. The Labute approximate surface area is 138 Å². The lowest BCUT2D eigenvalue weighted by Gasteiger charge is -2.12. The first kappa shape index (κ1) is 22.3. The van der Waals surface area contributed by atoms with Crippen molar-refractivity contribution in [3.63, 3.8) is 0 Å². The van der Waals surface area contributed by atoms with Gasteiger partial charge in [-0.25, -0.2) is 0 Å². The molecule has 122 valence electrons. The summed E-state index contributed by atoms with van der Waals surface area (Å²) < 4.78 is 5.11. The molecule has 0 radical (unpaired) electrons. The molecule has 1 saturated heterocycles. The molecule has 0 unspecified atom stereocenters. The van der Waals surface area contributed by atoms with Crippen molar-refractivity contribution < 1.29 is 10.2 Å². The van der Waals surface area contributed by atoms with Crippen LogP contribution in [0.3, 0.4) is 0 Å². The molecule has 0 bridgehead atoms. The fraction of sp³-hybridized carbons (Fsp3) is 0.500. The quantitative estimate of drug-likeness (QED) is 0.653. The normalized spacial score (nSPS) is 14.6. The Morgan fingerprint density at radius 3 is 2.29 bits per heavy atom. The van der Waals surface area contributed by atoms with Crippen molar-refractivity contribution in [3.05, 3.63) is 29.8 Å². The number of rotatable bonds is 5. The monoisotopic (exact) mass is 337 g/mol. The van der Waals surface area contributed by atoms with Crippen molar-refractivity contribution in [1.82, 2.24) is 4.90 Å². The van der Waals surface area contributed by atoms with Crippen molar-refractivity contribution in [2.24, 2.45) is 10.7 Å². The number of ether oxygens (including phenoxy) is 1. The number of amidine groups is 1. The van der Waals surface area contributed by atoms with E-state index in [1.807, 2.05) is 24.3 Å². The first-order chi connectivity index (χ1) is 8.79. The van der Waals surface area contributed by atoms with Crippen LogP contribution in [0.1, 0.15) is 18.4 Å². The number of benzene rings is 1. The number of likely N-dealkylation sites (tertiary alicyclic amines) is 1. The molecule has 1 aromatic carbocycles. The topological polar surface area (TPSA) is 82.3 Å². The summed E-state index contributed by atoms with van der Waals surface area (Å²) in [7, 11) is 1.66. The van der Waals surface area contributed by atoms with E-state index in [1.54, 1.807) is 7.11 Å². The molecule has 0 atom stereocenters. The van der Waals surface area contributed by atoms with E-state index in [2.05, 4.69) is 9.89 Å². The van der Waals surface area contributed by atoms with Gasteiger partial charge in [0.05, 0.1) is 13.7 Å². The summed E-state index contributed by atoms with van der Waals surface area (Å²) in [5.74, 6) is 1.44. The van der Waals surface area contributed by atoms with Crippen molar-refractivity contribution in [2.45, 2.75) is 12.8 Å². The number of hydrogen-bond donors (Lipinski definition) is 1. The highest BCUT2D eigenvalue weighted by molar-refractivity contribution is 5.97. The highest BCUT2D eigenvalue weighted by Gasteiger charge is 2.10. The van der Waals surface area contributed by atoms with Gasteiger partial charge in [0.25, 0.3) is 0 Å². The molecule has 1 aromatic rings. The summed E-state index contributed by atoms with van der Waals surface area (Å²) in [5, 5.41) is 0. The zero-order valence-electron chi connectivity index (χ0n) is 12.2. The Morgan fingerprint density at radius 2 is 1.76 bits per heavy atom. The zero-order chi connectivity index (χ0) is 12.8. The van der Waals surface area contributed by atoms with E-state index in [9.17, 15) is 0 Å². The molecular formula is C14H25Cl2N3O2. The van der Waals surface area contributed by atoms with Gasteiger partial charge in [-0.1, -0.05) is 0 Å². The van der Waals surface area contributed by atoms with Crippen LogP contribution in [0.5, 0.6) is 5.75 Å². The molecule has 4 N–H and O–H groups in total. The molecule has 1 fully saturated rings. The molecule has 1 heterocycles. The van der Waals surface area contributed by atoms with Crippen LogP contribution in [0.2, 0.25) is 0 Å². The molecule has 2 rings (SSSR count). The summed E-state index contributed by atoms with van der Waals surface area (Å²) in [6, 6.07) is 7.68. The van der Waals surface area contributed by atoms with Crippen LogP contribution in [0.25, 0.3) is 0 Å². The van der Waals surface area contributed by atoms with Crippen LogP contribution in [-0.4, -0.2) is 49.5 Å². The molecule has 0 amide bonds. The minimum absolute atomic E-state index is 0. The lowest BCUT2D eigenvalue weighted by Crippen LogP contribution is -2.24. The Hall–Kier alpha value is -1.01. The Balaban J connectivity index is 0. The first-order valence-electron chi connectivity index (χ1n) is 6.46. The van der Waals surface area contributed by atoms with E-state index < -0.39 is 0 Å². The summed E-state index contributed by atoms with van der Waals surface area (Å²) in [6.45, 7) is 4.20. The van der Waals surface area contributed by atoms with Gasteiger partial charge in [0, 0.05) is 12.1 Å². The molecule has 21 heavy (non-hydrogen) atoms. The average Bonchev–Trinajstić information content (AvgIpc) is 2.92. The highest BCUT2D eigenvalue weighted by atomic mass is 35.5. The third kappa shape index (κ3) is 7.00. The van der Waals surface area contributed by atoms with Crippen LogP contribution < -0.4 is 10.5 Å². The Morgan fingerprint density at radius 1 is 1.19 bits per heavy atom. The highest BCUT2D eigenvalue weighted by Crippen LogP contribution is 2.11. The smallest absolute Gasteiger partial charge is 0.125 e. The molecular weight excluding hydrogens is 313 g/mol. The van der Waals surface area contributed by atoms with Gasteiger partial charge in [-0.2, -0.15) is 0 Å². The van der Waals surface area contributed by atoms with E-state index in [0.29, 0.717) is 5.84 Å². The number of methoxy groups -OCH3 is 1. The minimum Gasteiger partial charge on any atom is -0.497 e. The predicted octanol–water partition coefficient (Wildman–Crippen LogP) is 1.52. The van der Waals surface area contributed by atoms with E-state index >= 15 is 0 Å². The zero-order valence-corrected chi connectivity index (χ0v) is 13.9. The van der Waals surface area contributed by atoms with Crippen LogP contribution in [0, 0.1) is 0 Å². The number of hydrogen-bond acceptors (Lipinski definition) is 3. The summed E-state index contributed by atoms with van der Waals surface area (Å²) in [4.78, 5) is 6.86. The lowest BCUT2D eigenvalue weighted by molar-refractivity contribution is 0.349. The fourth-order valence-electron chi connectivity index (χ4n) is 2.17. The first-order valence-corrected chi connectivity index (χ1v) is 6.46. The van der Waals surface area contributed by atoms with Gasteiger partial charge in [-0.15, -0.1) is 24.8 Å². The number of nitrogens with zero attached hydrogens (tertiary/aromatic N) is 2. The van der Waals surface area contributed by atoms with Crippen LogP contribution in [-0.2, 0) is 0 Å². The van der Waals surface area contributed by atoms with Crippen molar-refractivity contribution in [1.29, 1.82) is 0 Å². The second-order valence-corrected chi connectivity index (χ2v) is 4.54. The van der Waals surface area contributed by atoms with Gasteiger partial charge in [-0.3, -0.25) is 4.99 Å². The largest absolute Gasteiger partial charge is 0.497 e. The van der Waals surface area contributed by atoms with Gasteiger partial charge in [-0.05, 0) is 50.2 Å². The molecule has 0 aromatic heterocycles. The second-order valence-electron chi connectivity index (χ2n) is 4.54. The lowest BCUT2D eigenvalue weighted by atomic mass is 10.2. The molecule has 0 aliphatic carbocycles. The van der Waals surface area contributed by atoms with E-state index in [-0.39, 0.29) is 30.3 Å². The maximum atomic E-state index is 5.96. The third-order valence-electron chi connectivity index (χ3n) is 3.28. The van der Waals surface area contributed by atoms with Gasteiger partial charge < -0.3 is 20.8 Å². The van der Waals surface area contributed by atoms with E-state index in [4.69, 9.17) is 10.5 Å². The van der Waals surface area contributed by atoms with Gasteiger partial charge in [0.1, 0.15) is 11.6 Å². The van der Waals surface area contributed by atoms with Gasteiger partial charge in [0.2, 0.25) is 0 Å². The summed E-state index contributed by atoms with van der Waals surface area (Å²) >= 11 is 0. The van der Waals surface area contributed by atoms with E-state index in [0.717, 1.165) is 24.4 Å². The number of aliphatic imine (C=N–C) groups is 1. The number of nitrogens with two attached hydrogens (primary N) is 1. The molecule has 1 aliphatic rings. The SMILES string of the molecule is COc1ccc(C(N)=NCCN2CCCC2)cc1.Cl.Cl.O. The van der Waals surface area contributed by atoms with Gasteiger partial charge in [0.15, 0.2) is 0 Å². The van der Waals surface area contributed by atoms with Crippen LogP contribution in [0.4, 0.5) is 0 Å². The van der Waals surface area contributed by atoms with E-state index in [1.165, 1.54) is 25.9 Å². The van der Waals surface area contributed by atoms with Crippen molar-refractivity contribution >= 4 is 30.6 Å². The predicted molar refractivity (Wildman–Crippen MR) is 92.4 cm³/mol. The summed E-state index contributed by atoms with van der Waals surface area (Å²) in [5.41, 5.74) is 6.92. The van der Waals surface area contributed by atoms with Gasteiger partial charge >= 0.3 is 0 Å². The molecule has 1 aliphatic heterocycles. The standard InChI is InChI=1S/C14H21N3O.2ClH.H2O/c1-18-13-6-4-12(5-7-13)14(15)16-8-11-17-9-2-3-10-17;;;/h4-7H,2-3,8-11H2,1H3,(H2,15,16);2*1H;1H2. The maximum absolute atomic E-state index is 5.96. The van der Waals surface area contributed by atoms with Crippen molar-refractivity contribution in [3.8, 4) is 5.75 Å². The Bertz CT molecular complexity index is 407. The second kappa shape index (κ2) is 11.6. The van der Waals surface area contributed by atoms with Crippen LogP contribution in [0.15, 0.2) is 29.3 Å². The van der Waals surface area contributed by atoms with Crippen LogP contribution >= 0.6 is 24.8 Å².